The molecule has 0 radical (unpaired) electrons. The highest BCUT2D eigenvalue weighted by Gasteiger charge is 2.15. The first-order valence-electron chi connectivity index (χ1n) is 4.67. The number of nitrogens with one attached hydrogen (secondary N) is 1. The van der Waals surface area contributed by atoms with E-state index in [0.29, 0.717) is 6.42 Å². The molecule has 0 aliphatic heterocycles. The van der Waals surface area contributed by atoms with E-state index in [1.165, 1.54) is 0 Å². The van der Waals surface area contributed by atoms with Gasteiger partial charge in [0.2, 0.25) is 0 Å². The van der Waals surface area contributed by atoms with Gasteiger partial charge in [0.05, 0.1) is 5.75 Å². The van der Waals surface area contributed by atoms with Crippen LogP contribution in [-0.4, -0.2) is 31.8 Å². The summed E-state index contributed by atoms with van der Waals surface area (Å²) in [6.45, 7) is 0. The molecule has 84 valence electrons. The molecule has 0 saturated carbocycles. The molecule has 1 aromatic carbocycles. The molecule has 0 saturated heterocycles. The average Bonchev–Trinajstić information content (AvgIpc) is 2.16. The Labute approximate surface area is 90.1 Å². The third-order valence-electron chi connectivity index (χ3n) is 2.14. The quantitative estimate of drug-likeness (QED) is 0.730. The Bertz CT molecular complexity index is 388. The zero-order valence-electron chi connectivity index (χ0n) is 8.55. The Morgan fingerprint density at radius 3 is 2.40 bits per heavy atom. The van der Waals surface area contributed by atoms with Crippen molar-refractivity contribution in [3.63, 3.8) is 0 Å². The monoisotopic (exact) mass is 229 g/mol. The minimum atomic E-state index is -3.92. The lowest BCUT2D eigenvalue weighted by atomic mass is 10.1. The van der Waals surface area contributed by atoms with Crippen LogP contribution < -0.4 is 5.32 Å². The Balaban J connectivity index is 2.63. The van der Waals surface area contributed by atoms with Gasteiger partial charge in [-0.15, -0.1) is 0 Å². The van der Waals surface area contributed by atoms with E-state index in [4.69, 9.17) is 4.55 Å². The van der Waals surface area contributed by atoms with E-state index >= 15 is 0 Å². The zero-order valence-corrected chi connectivity index (χ0v) is 9.37. The highest BCUT2D eigenvalue weighted by atomic mass is 32.2. The lowest BCUT2D eigenvalue weighted by Gasteiger charge is -2.14. The molecule has 0 aliphatic carbocycles. The van der Waals surface area contributed by atoms with E-state index in [2.05, 4.69) is 5.32 Å². The molecule has 2 N–H and O–H groups in total. The minimum absolute atomic E-state index is 0.262. The third-order valence-corrected chi connectivity index (χ3v) is 2.97. The standard InChI is InChI=1S/C10H15NO3S/c1-11-10(8-15(12,13)14)7-9-5-3-2-4-6-9/h2-6,10-11H,7-8H2,1H3,(H,12,13,14)/t10-/m0/s1. The lowest BCUT2D eigenvalue weighted by molar-refractivity contribution is 0.469. The maximum atomic E-state index is 10.7. The molecule has 1 aromatic rings. The molecule has 0 aromatic heterocycles. The van der Waals surface area contributed by atoms with Crippen LogP contribution in [-0.2, 0) is 16.5 Å². The summed E-state index contributed by atoms with van der Waals surface area (Å²) in [5.74, 6) is -0.265. The summed E-state index contributed by atoms with van der Waals surface area (Å²) in [6.07, 6.45) is 0.580. The van der Waals surface area contributed by atoms with Crippen molar-refractivity contribution >= 4 is 10.1 Å². The van der Waals surface area contributed by atoms with E-state index < -0.39 is 10.1 Å². The van der Waals surface area contributed by atoms with E-state index in [9.17, 15) is 8.42 Å². The molecule has 0 fully saturated rings. The molecule has 0 amide bonds. The van der Waals surface area contributed by atoms with Crippen molar-refractivity contribution in [2.45, 2.75) is 12.5 Å². The van der Waals surface area contributed by atoms with Crippen LogP contribution in [0.4, 0.5) is 0 Å². The lowest BCUT2D eigenvalue weighted by Crippen LogP contribution is -2.34. The molecule has 0 bridgehead atoms. The first kappa shape index (κ1) is 12.2. The summed E-state index contributed by atoms with van der Waals surface area (Å²) in [5, 5.41) is 2.87. The predicted molar refractivity (Wildman–Crippen MR) is 59.4 cm³/mol. The summed E-state index contributed by atoms with van der Waals surface area (Å²) in [5.41, 5.74) is 1.04. The van der Waals surface area contributed by atoms with Crippen molar-refractivity contribution in [2.75, 3.05) is 12.8 Å². The van der Waals surface area contributed by atoms with Crippen LogP contribution in [0.1, 0.15) is 5.56 Å². The Kier molecular flexibility index (Phi) is 4.26. The van der Waals surface area contributed by atoms with Crippen molar-refractivity contribution < 1.29 is 13.0 Å². The van der Waals surface area contributed by atoms with Crippen molar-refractivity contribution in [2.24, 2.45) is 0 Å². The maximum absolute atomic E-state index is 10.7. The van der Waals surface area contributed by atoms with Crippen LogP contribution >= 0.6 is 0 Å². The number of likely N-dealkylation sites (N-methyl/N-ethyl adjacent to an activating group) is 1. The van der Waals surface area contributed by atoms with Gasteiger partial charge in [-0.25, -0.2) is 0 Å². The molecule has 0 aliphatic rings. The largest absolute Gasteiger partial charge is 0.316 e. The topological polar surface area (TPSA) is 66.4 Å². The van der Waals surface area contributed by atoms with E-state index in [0.717, 1.165) is 5.56 Å². The van der Waals surface area contributed by atoms with E-state index in [-0.39, 0.29) is 11.8 Å². The van der Waals surface area contributed by atoms with Crippen LogP contribution in [0.15, 0.2) is 30.3 Å². The zero-order chi connectivity index (χ0) is 11.3. The number of hydrogen-bond acceptors (Lipinski definition) is 3. The Hall–Kier alpha value is -0.910. The number of rotatable bonds is 5. The van der Waals surface area contributed by atoms with Gasteiger partial charge < -0.3 is 5.32 Å². The Morgan fingerprint density at radius 1 is 1.33 bits per heavy atom. The molecule has 0 spiro atoms. The molecule has 1 atom stereocenters. The summed E-state index contributed by atoms with van der Waals surface area (Å²) in [7, 11) is -2.24. The average molecular weight is 229 g/mol. The van der Waals surface area contributed by atoms with E-state index in [1.54, 1.807) is 7.05 Å². The van der Waals surface area contributed by atoms with Crippen molar-refractivity contribution in [3.8, 4) is 0 Å². The second-order valence-corrected chi connectivity index (χ2v) is 4.92. The second kappa shape index (κ2) is 5.25. The first-order chi connectivity index (χ1) is 7.01. The van der Waals surface area contributed by atoms with Crippen LogP contribution in [0.3, 0.4) is 0 Å². The molecule has 15 heavy (non-hydrogen) atoms. The Morgan fingerprint density at radius 2 is 1.93 bits per heavy atom. The molecule has 5 heteroatoms. The summed E-state index contributed by atoms with van der Waals surface area (Å²) >= 11 is 0. The molecule has 1 rings (SSSR count). The summed E-state index contributed by atoms with van der Waals surface area (Å²) < 4.78 is 30.1. The van der Waals surface area contributed by atoms with Gasteiger partial charge in [-0.3, -0.25) is 4.55 Å². The normalized spacial score (nSPS) is 13.7. The van der Waals surface area contributed by atoms with Gasteiger partial charge in [0.25, 0.3) is 10.1 Å². The summed E-state index contributed by atoms with van der Waals surface area (Å²) in [4.78, 5) is 0. The summed E-state index contributed by atoms with van der Waals surface area (Å²) in [6, 6.07) is 9.29. The minimum Gasteiger partial charge on any atom is -0.316 e. The number of benzene rings is 1. The van der Waals surface area contributed by atoms with Crippen molar-refractivity contribution in [1.82, 2.24) is 5.32 Å². The fourth-order valence-corrected chi connectivity index (χ4v) is 2.19. The van der Waals surface area contributed by atoms with Crippen molar-refractivity contribution in [1.29, 1.82) is 0 Å². The van der Waals surface area contributed by atoms with Gasteiger partial charge in [0.1, 0.15) is 0 Å². The van der Waals surface area contributed by atoms with Crippen LogP contribution in [0.5, 0.6) is 0 Å². The van der Waals surface area contributed by atoms with Crippen molar-refractivity contribution in [3.05, 3.63) is 35.9 Å². The van der Waals surface area contributed by atoms with E-state index in [1.807, 2.05) is 30.3 Å². The third kappa shape index (κ3) is 4.92. The fourth-order valence-electron chi connectivity index (χ4n) is 1.40. The fraction of sp³-hybridized carbons (Fsp3) is 0.400. The van der Waals surface area contributed by atoms with Gasteiger partial charge in [-0.05, 0) is 19.0 Å². The highest BCUT2D eigenvalue weighted by molar-refractivity contribution is 7.85. The van der Waals surface area contributed by atoms with Gasteiger partial charge >= 0.3 is 0 Å². The SMILES string of the molecule is CN[C@@H](Cc1ccccc1)CS(=O)(=O)O. The van der Waals surface area contributed by atoms with Gasteiger partial charge in [0, 0.05) is 6.04 Å². The van der Waals surface area contributed by atoms with Gasteiger partial charge in [-0.1, -0.05) is 30.3 Å². The highest BCUT2D eigenvalue weighted by Crippen LogP contribution is 2.04. The van der Waals surface area contributed by atoms with Gasteiger partial charge in [0.15, 0.2) is 0 Å². The van der Waals surface area contributed by atoms with Crippen LogP contribution in [0.25, 0.3) is 0 Å². The molecule has 0 heterocycles. The van der Waals surface area contributed by atoms with Crippen LogP contribution in [0, 0.1) is 0 Å². The molecular weight excluding hydrogens is 214 g/mol. The predicted octanol–water partition coefficient (Wildman–Crippen LogP) is 0.705. The maximum Gasteiger partial charge on any atom is 0.266 e. The molecular formula is C10H15NO3S. The molecule has 4 nitrogen and oxygen atoms in total. The smallest absolute Gasteiger partial charge is 0.266 e. The molecule has 0 unspecified atom stereocenters. The van der Waals surface area contributed by atoms with Crippen LogP contribution in [0.2, 0.25) is 0 Å². The first-order valence-corrected chi connectivity index (χ1v) is 6.28. The van der Waals surface area contributed by atoms with Gasteiger partial charge in [-0.2, -0.15) is 8.42 Å². The number of hydrogen-bond donors (Lipinski definition) is 2. The second-order valence-electron chi connectivity index (χ2n) is 3.42.